The summed E-state index contributed by atoms with van der Waals surface area (Å²) in [4.78, 5) is 46.1. The highest BCUT2D eigenvalue weighted by molar-refractivity contribution is 5.87. The Bertz CT molecular complexity index is 613. The van der Waals surface area contributed by atoms with Gasteiger partial charge in [0.15, 0.2) is 0 Å². The molecule has 8 nitrogen and oxygen atoms in total. The topological polar surface area (TPSA) is 105 Å². The van der Waals surface area contributed by atoms with E-state index in [1.807, 2.05) is 6.92 Å². The molecule has 0 atom stereocenters. The van der Waals surface area contributed by atoms with Crippen LogP contribution in [0.25, 0.3) is 0 Å². The number of ether oxygens (including phenoxy) is 4. The van der Waals surface area contributed by atoms with Gasteiger partial charge >= 0.3 is 23.9 Å². The second-order valence-electron chi connectivity index (χ2n) is 8.14. The zero-order chi connectivity index (χ0) is 24.6. The van der Waals surface area contributed by atoms with Crippen LogP contribution in [0.5, 0.6) is 0 Å². The standard InChI is InChI=1S/C24H38O8/c1-7-24(6,12-16-29-20(25)10-8-14-31-22(27)18(2)3)13-17-30-21(26)11-9-15-32-23(28)19(4)5/h2,4,7-17H2,1,3,5-6H3. The first-order valence-electron chi connectivity index (χ1n) is 11.0. The Kier molecular flexibility index (Phi) is 14.7. The fourth-order valence-electron chi connectivity index (χ4n) is 2.45. The van der Waals surface area contributed by atoms with Crippen molar-refractivity contribution in [3.63, 3.8) is 0 Å². The maximum Gasteiger partial charge on any atom is 0.333 e. The Balaban J connectivity index is 3.99. The van der Waals surface area contributed by atoms with Crippen LogP contribution < -0.4 is 0 Å². The van der Waals surface area contributed by atoms with Crippen molar-refractivity contribution < 1.29 is 38.1 Å². The Hall–Kier alpha value is -2.64. The van der Waals surface area contributed by atoms with Gasteiger partial charge in [0.1, 0.15) is 0 Å². The molecule has 0 aliphatic heterocycles. The molecule has 0 saturated heterocycles. The van der Waals surface area contributed by atoms with Crippen LogP contribution in [0.1, 0.15) is 72.6 Å². The summed E-state index contributed by atoms with van der Waals surface area (Å²) in [5.41, 5.74) is 0.511. The largest absolute Gasteiger partial charge is 0.466 e. The predicted molar refractivity (Wildman–Crippen MR) is 120 cm³/mol. The van der Waals surface area contributed by atoms with Crippen LogP contribution in [0.3, 0.4) is 0 Å². The van der Waals surface area contributed by atoms with Crippen molar-refractivity contribution >= 4 is 23.9 Å². The molecule has 0 radical (unpaired) electrons. The highest BCUT2D eigenvalue weighted by atomic mass is 16.5. The van der Waals surface area contributed by atoms with Crippen molar-refractivity contribution in [2.75, 3.05) is 26.4 Å². The van der Waals surface area contributed by atoms with E-state index in [1.54, 1.807) is 13.8 Å². The monoisotopic (exact) mass is 454 g/mol. The van der Waals surface area contributed by atoms with Crippen LogP contribution in [0.15, 0.2) is 24.3 Å². The van der Waals surface area contributed by atoms with Crippen molar-refractivity contribution in [1.82, 2.24) is 0 Å². The third-order valence-electron chi connectivity index (χ3n) is 5.00. The molecule has 0 N–H and O–H groups in total. The highest BCUT2D eigenvalue weighted by Crippen LogP contribution is 2.30. The Morgan fingerprint density at radius 3 is 1.38 bits per heavy atom. The van der Waals surface area contributed by atoms with Gasteiger partial charge in [-0.3, -0.25) is 9.59 Å². The lowest BCUT2D eigenvalue weighted by Crippen LogP contribution is -2.22. The van der Waals surface area contributed by atoms with Gasteiger partial charge in [-0.15, -0.1) is 0 Å². The first kappa shape index (κ1) is 29.4. The number of hydrogen-bond donors (Lipinski definition) is 0. The van der Waals surface area contributed by atoms with E-state index in [0.29, 0.717) is 36.8 Å². The summed E-state index contributed by atoms with van der Waals surface area (Å²) in [6.45, 7) is 15.0. The molecule has 8 heteroatoms. The molecule has 0 heterocycles. The van der Waals surface area contributed by atoms with E-state index in [9.17, 15) is 19.2 Å². The van der Waals surface area contributed by atoms with E-state index in [1.165, 1.54) is 0 Å². The van der Waals surface area contributed by atoms with Crippen molar-refractivity contribution in [3.05, 3.63) is 24.3 Å². The van der Waals surface area contributed by atoms with Crippen molar-refractivity contribution in [1.29, 1.82) is 0 Å². The maximum atomic E-state index is 11.8. The van der Waals surface area contributed by atoms with Gasteiger partial charge in [-0.2, -0.15) is 0 Å². The van der Waals surface area contributed by atoms with E-state index in [4.69, 9.17) is 18.9 Å². The molecule has 0 aromatic carbocycles. The number of hydrogen-bond acceptors (Lipinski definition) is 8. The summed E-state index contributed by atoms with van der Waals surface area (Å²) < 4.78 is 20.4. The first-order chi connectivity index (χ1) is 15.0. The Labute approximate surface area is 191 Å². The molecular weight excluding hydrogens is 416 g/mol. The molecule has 0 fully saturated rings. The van der Waals surface area contributed by atoms with Gasteiger partial charge in [-0.05, 0) is 44.9 Å². The molecule has 0 bridgehead atoms. The Morgan fingerprint density at radius 1 is 0.688 bits per heavy atom. The fraction of sp³-hybridized carbons (Fsp3) is 0.667. The minimum absolute atomic E-state index is 0.130. The van der Waals surface area contributed by atoms with E-state index in [2.05, 4.69) is 20.1 Å². The summed E-state index contributed by atoms with van der Waals surface area (Å²) in [5, 5.41) is 0. The number of carbonyl (C=O) groups is 4. The average molecular weight is 455 g/mol. The Morgan fingerprint density at radius 2 is 1.06 bits per heavy atom. The van der Waals surface area contributed by atoms with Gasteiger partial charge in [0.05, 0.1) is 26.4 Å². The maximum absolute atomic E-state index is 11.8. The minimum atomic E-state index is -0.469. The summed E-state index contributed by atoms with van der Waals surface area (Å²) in [6.07, 6.45) is 3.27. The van der Waals surface area contributed by atoms with Crippen LogP contribution in [0.4, 0.5) is 0 Å². The van der Waals surface area contributed by atoms with Crippen LogP contribution in [-0.4, -0.2) is 50.3 Å². The van der Waals surface area contributed by atoms with E-state index in [0.717, 1.165) is 6.42 Å². The molecular formula is C24H38O8. The number of esters is 4. The first-order valence-corrected chi connectivity index (χ1v) is 11.0. The third kappa shape index (κ3) is 14.4. The summed E-state index contributed by atoms with van der Waals surface area (Å²) in [6, 6.07) is 0. The zero-order valence-electron chi connectivity index (χ0n) is 20.0. The van der Waals surface area contributed by atoms with Gasteiger partial charge in [-0.25, -0.2) is 9.59 Å². The van der Waals surface area contributed by atoms with Crippen LogP contribution >= 0.6 is 0 Å². The summed E-state index contributed by atoms with van der Waals surface area (Å²) >= 11 is 0. The van der Waals surface area contributed by atoms with Gasteiger partial charge in [0.2, 0.25) is 0 Å². The second kappa shape index (κ2) is 16.1. The lowest BCUT2D eigenvalue weighted by Gasteiger charge is -2.27. The lowest BCUT2D eigenvalue weighted by molar-refractivity contribution is -0.147. The van der Waals surface area contributed by atoms with Crippen LogP contribution in [0.2, 0.25) is 0 Å². The highest BCUT2D eigenvalue weighted by Gasteiger charge is 2.23. The molecule has 0 saturated carbocycles. The van der Waals surface area contributed by atoms with Gasteiger partial charge in [-0.1, -0.05) is 33.4 Å². The van der Waals surface area contributed by atoms with Crippen LogP contribution in [0, 0.1) is 5.41 Å². The third-order valence-corrected chi connectivity index (χ3v) is 5.00. The smallest absolute Gasteiger partial charge is 0.333 e. The van der Waals surface area contributed by atoms with Crippen molar-refractivity contribution in [3.8, 4) is 0 Å². The molecule has 0 aliphatic carbocycles. The number of rotatable bonds is 17. The van der Waals surface area contributed by atoms with E-state index < -0.39 is 11.9 Å². The zero-order valence-corrected chi connectivity index (χ0v) is 20.0. The summed E-state index contributed by atoms with van der Waals surface area (Å²) in [5.74, 6) is -1.62. The minimum Gasteiger partial charge on any atom is -0.466 e. The SMILES string of the molecule is C=C(C)C(=O)OCCCC(=O)OCCC(C)(CC)CCOC(=O)CCCOC(=O)C(=C)C. The van der Waals surface area contributed by atoms with Crippen molar-refractivity contribution in [2.24, 2.45) is 5.41 Å². The molecule has 0 spiro atoms. The molecule has 0 amide bonds. The normalized spacial score (nSPS) is 10.8. The molecule has 0 unspecified atom stereocenters. The second-order valence-corrected chi connectivity index (χ2v) is 8.14. The van der Waals surface area contributed by atoms with Gasteiger partial charge < -0.3 is 18.9 Å². The molecule has 0 aromatic heterocycles. The molecule has 0 aromatic rings. The molecule has 182 valence electrons. The average Bonchev–Trinajstić information content (AvgIpc) is 2.73. The predicted octanol–water partition coefficient (Wildman–Crippen LogP) is 4.07. The van der Waals surface area contributed by atoms with Crippen molar-refractivity contribution in [2.45, 2.75) is 72.6 Å². The molecule has 32 heavy (non-hydrogen) atoms. The van der Waals surface area contributed by atoms with E-state index >= 15 is 0 Å². The molecule has 0 rings (SSSR count). The quantitative estimate of drug-likeness (QED) is 0.140. The number of carbonyl (C=O) groups excluding carboxylic acids is 4. The lowest BCUT2D eigenvalue weighted by atomic mass is 9.81. The van der Waals surface area contributed by atoms with Gasteiger partial charge in [0, 0.05) is 24.0 Å². The van der Waals surface area contributed by atoms with Gasteiger partial charge in [0.25, 0.3) is 0 Å². The van der Waals surface area contributed by atoms with E-state index in [-0.39, 0.29) is 56.6 Å². The molecule has 0 aliphatic rings. The van der Waals surface area contributed by atoms with Crippen LogP contribution in [-0.2, 0) is 38.1 Å². The fourth-order valence-corrected chi connectivity index (χ4v) is 2.45. The summed E-state index contributed by atoms with van der Waals surface area (Å²) in [7, 11) is 0.